The molecule has 0 heterocycles. The molecule has 0 amide bonds. The summed E-state index contributed by atoms with van der Waals surface area (Å²) >= 11 is 0. The second kappa shape index (κ2) is 5.69. The maximum Gasteiger partial charge on any atom is 0.306 e. The molecule has 2 rings (SSSR count). The van der Waals surface area contributed by atoms with Gasteiger partial charge in [-0.25, -0.2) is 0 Å². The maximum absolute atomic E-state index is 11.0. The highest BCUT2D eigenvalue weighted by molar-refractivity contribution is 5.70. The Morgan fingerprint density at radius 3 is 2.58 bits per heavy atom. The van der Waals surface area contributed by atoms with Gasteiger partial charge in [0.1, 0.15) is 0 Å². The monoisotopic (exact) mass is 264 g/mol. The van der Waals surface area contributed by atoms with E-state index in [9.17, 15) is 14.9 Å². The van der Waals surface area contributed by atoms with Crippen LogP contribution in [0.3, 0.4) is 0 Å². The van der Waals surface area contributed by atoms with Crippen molar-refractivity contribution in [3.63, 3.8) is 0 Å². The number of hydrogen-bond acceptors (Lipinski definition) is 4. The number of carboxylic acid groups (broad SMARTS) is 1. The first-order valence-corrected chi connectivity index (χ1v) is 6.30. The molecule has 1 aromatic rings. The van der Waals surface area contributed by atoms with Gasteiger partial charge in [0.25, 0.3) is 5.69 Å². The minimum Gasteiger partial charge on any atom is -0.481 e. The van der Waals surface area contributed by atoms with Crippen molar-refractivity contribution in [2.75, 3.05) is 5.32 Å². The Morgan fingerprint density at radius 2 is 2.00 bits per heavy atom. The SMILES string of the molecule is O=C(O)C1CCCC(Nc2ccc([N+](=O)[O-])cc2)C1. The van der Waals surface area contributed by atoms with Crippen molar-refractivity contribution in [1.29, 1.82) is 0 Å². The number of nitro benzene ring substituents is 1. The molecule has 0 bridgehead atoms. The van der Waals surface area contributed by atoms with Gasteiger partial charge in [0, 0.05) is 23.9 Å². The third-order valence-electron chi connectivity index (χ3n) is 3.47. The summed E-state index contributed by atoms with van der Waals surface area (Å²) in [5.74, 6) is -1.03. The summed E-state index contributed by atoms with van der Waals surface area (Å²) in [6.07, 6.45) is 3.16. The van der Waals surface area contributed by atoms with Gasteiger partial charge < -0.3 is 10.4 Å². The Bertz CT molecular complexity index is 472. The fraction of sp³-hybridized carbons (Fsp3) is 0.462. The molecule has 0 aromatic heterocycles. The molecule has 2 unspecified atom stereocenters. The Hall–Kier alpha value is -2.11. The molecule has 6 heteroatoms. The fourth-order valence-electron chi connectivity index (χ4n) is 2.46. The van der Waals surface area contributed by atoms with E-state index in [0.29, 0.717) is 6.42 Å². The van der Waals surface area contributed by atoms with Gasteiger partial charge in [-0.1, -0.05) is 6.42 Å². The Labute approximate surface area is 110 Å². The summed E-state index contributed by atoms with van der Waals surface area (Å²) in [6.45, 7) is 0. The summed E-state index contributed by atoms with van der Waals surface area (Å²) in [5, 5.41) is 22.8. The van der Waals surface area contributed by atoms with Crippen LogP contribution in [0.5, 0.6) is 0 Å². The molecular weight excluding hydrogens is 248 g/mol. The first-order chi connectivity index (χ1) is 9.06. The van der Waals surface area contributed by atoms with Crippen LogP contribution in [-0.2, 0) is 4.79 Å². The molecular formula is C13H16N2O4. The van der Waals surface area contributed by atoms with Crippen molar-refractivity contribution in [1.82, 2.24) is 0 Å². The summed E-state index contributed by atoms with van der Waals surface area (Å²) in [6, 6.07) is 6.32. The molecule has 0 radical (unpaired) electrons. The van der Waals surface area contributed by atoms with Gasteiger partial charge in [-0.05, 0) is 31.4 Å². The van der Waals surface area contributed by atoms with E-state index >= 15 is 0 Å². The summed E-state index contributed by atoms with van der Waals surface area (Å²) in [7, 11) is 0. The molecule has 0 saturated heterocycles. The first kappa shape index (κ1) is 13.3. The Kier molecular flexibility index (Phi) is 3.99. The van der Waals surface area contributed by atoms with Crippen LogP contribution in [0.1, 0.15) is 25.7 Å². The molecule has 6 nitrogen and oxygen atoms in total. The molecule has 0 spiro atoms. The summed E-state index contributed by atoms with van der Waals surface area (Å²) in [5.41, 5.74) is 0.847. The number of anilines is 1. The van der Waals surface area contributed by atoms with Crippen LogP contribution in [-0.4, -0.2) is 22.0 Å². The maximum atomic E-state index is 11.0. The van der Waals surface area contributed by atoms with Crippen molar-refractivity contribution in [2.45, 2.75) is 31.7 Å². The van der Waals surface area contributed by atoms with Gasteiger partial charge in [0.15, 0.2) is 0 Å². The van der Waals surface area contributed by atoms with Crippen molar-refractivity contribution < 1.29 is 14.8 Å². The van der Waals surface area contributed by atoms with Crippen LogP contribution in [0.4, 0.5) is 11.4 Å². The highest BCUT2D eigenvalue weighted by Crippen LogP contribution is 2.27. The number of carbonyl (C=O) groups is 1. The third kappa shape index (κ3) is 3.43. The lowest BCUT2D eigenvalue weighted by Gasteiger charge is -2.28. The lowest BCUT2D eigenvalue weighted by atomic mass is 9.85. The van der Waals surface area contributed by atoms with E-state index in [0.717, 1.165) is 24.9 Å². The highest BCUT2D eigenvalue weighted by Gasteiger charge is 2.26. The number of non-ortho nitro benzene ring substituents is 1. The van der Waals surface area contributed by atoms with Gasteiger partial charge in [0.05, 0.1) is 10.8 Å². The fourth-order valence-corrected chi connectivity index (χ4v) is 2.46. The lowest BCUT2D eigenvalue weighted by molar-refractivity contribution is -0.384. The minimum absolute atomic E-state index is 0.0533. The van der Waals surface area contributed by atoms with Crippen molar-refractivity contribution >= 4 is 17.3 Å². The number of hydrogen-bond donors (Lipinski definition) is 2. The van der Waals surface area contributed by atoms with E-state index < -0.39 is 10.9 Å². The number of nitro groups is 1. The molecule has 1 aromatic carbocycles. The predicted molar refractivity (Wildman–Crippen MR) is 70.1 cm³/mol. The molecule has 102 valence electrons. The number of rotatable bonds is 4. The zero-order valence-electron chi connectivity index (χ0n) is 10.4. The number of aliphatic carboxylic acids is 1. The highest BCUT2D eigenvalue weighted by atomic mass is 16.6. The van der Waals surface area contributed by atoms with Crippen LogP contribution in [0, 0.1) is 16.0 Å². The van der Waals surface area contributed by atoms with Crippen LogP contribution >= 0.6 is 0 Å². The van der Waals surface area contributed by atoms with Crippen molar-refractivity contribution in [3.8, 4) is 0 Å². The van der Waals surface area contributed by atoms with Crippen LogP contribution in [0.2, 0.25) is 0 Å². The first-order valence-electron chi connectivity index (χ1n) is 6.30. The molecule has 1 saturated carbocycles. The van der Waals surface area contributed by atoms with Crippen LogP contribution in [0.15, 0.2) is 24.3 Å². The van der Waals surface area contributed by atoms with Gasteiger partial charge in [0.2, 0.25) is 0 Å². The van der Waals surface area contributed by atoms with Gasteiger partial charge in [-0.3, -0.25) is 14.9 Å². The van der Waals surface area contributed by atoms with Gasteiger partial charge in [-0.2, -0.15) is 0 Å². The molecule has 0 aliphatic heterocycles. The lowest BCUT2D eigenvalue weighted by Crippen LogP contribution is -2.30. The number of carboxylic acids is 1. The van der Waals surface area contributed by atoms with E-state index in [1.54, 1.807) is 12.1 Å². The average molecular weight is 264 g/mol. The molecule has 1 aliphatic carbocycles. The third-order valence-corrected chi connectivity index (χ3v) is 3.47. The van der Waals surface area contributed by atoms with Crippen LogP contribution in [0.25, 0.3) is 0 Å². The topological polar surface area (TPSA) is 92.5 Å². The van der Waals surface area contributed by atoms with E-state index in [1.165, 1.54) is 12.1 Å². The van der Waals surface area contributed by atoms with Crippen molar-refractivity contribution in [3.05, 3.63) is 34.4 Å². The minimum atomic E-state index is -0.741. The smallest absolute Gasteiger partial charge is 0.306 e. The second-order valence-electron chi connectivity index (χ2n) is 4.85. The quantitative estimate of drug-likeness (QED) is 0.644. The van der Waals surface area contributed by atoms with E-state index in [2.05, 4.69) is 5.32 Å². The largest absolute Gasteiger partial charge is 0.481 e. The van der Waals surface area contributed by atoms with E-state index in [1.807, 2.05) is 0 Å². The average Bonchev–Trinajstić information content (AvgIpc) is 2.39. The standard InChI is InChI=1S/C13H16N2O4/c16-13(17)9-2-1-3-11(8-9)14-10-4-6-12(7-5-10)15(18)19/h4-7,9,11,14H,1-3,8H2,(H,16,17). The Morgan fingerprint density at radius 1 is 1.32 bits per heavy atom. The molecule has 19 heavy (non-hydrogen) atoms. The number of nitrogens with one attached hydrogen (secondary N) is 1. The zero-order chi connectivity index (χ0) is 13.8. The molecule has 2 atom stereocenters. The van der Waals surface area contributed by atoms with Crippen molar-refractivity contribution in [2.24, 2.45) is 5.92 Å². The summed E-state index contributed by atoms with van der Waals surface area (Å²) in [4.78, 5) is 21.1. The van der Waals surface area contributed by atoms with E-state index in [4.69, 9.17) is 5.11 Å². The van der Waals surface area contributed by atoms with Gasteiger partial charge >= 0.3 is 5.97 Å². The molecule has 1 aliphatic rings. The molecule has 2 N–H and O–H groups in total. The predicted octanol–water partition coefficient (Wildman–Crippen LogP) is 2.65. The number of benzene rings is 1. The Balaban J connectivity index is 1.96. The number of nitrogens with zero attached hydrogens (tertiary/aromatic N) is 1. The summed E-state index contributed by atoms with van der Waals surface area (Å²) < 4.78 is 0. The van der Waals surface area contributed by atoms with Crippen LogP contribution < -0.4 is 5.32 Å². The zero-order valence-corrected chi connectivity index (χ0v) is 10.4. The normalized spacial score (nSPS) is 22.7. The van der Waals surface area contributed by atoms with Gasteiger partial charge in [-0.15, -0.1) is 0 Å². The second-order valence-corrected chi connectivity index (χ2v) is 4.85. The molecule has 1 fully saturated rings. The van der Waals surface area contributed by atoms with E-state index in [-0.39, 0.29) is 17.6 Å².